The Morgan fingerprint density at radius 2 is 1.67 bits per heavy atom. The van der Waals surface area contributed by atoms with Gasteiger partial charge in [-0.1, -0.05) is 37.3 Å². The molecule has 0 aliphatic carbocycles. The number of rotatable bonds is 6. The maximum Gasteiger partial charge on any atom is 0.259 e. The van der Waals surface area contributed by atoms with Crippen molar-refractivity contribution in [3.05, 3.63) is 54.1 Å². The fourth-order valence-electron chi connectivity index (χ4n) is 2.77. The molecule has 1 amide bonds. The molecule has 0 unspecified atom stereocenters. The average molecular weight is 404 g/mol. The van der Waals surface area contributed by atoms with Crippen LogP contribution in [-0.4, -0.2) is 43.8 Å². The van der Waals surface area contributed by atoms with Gasteiger partial charge in [0.05, 0.1) is 15.1 Å². The van der Waals surface area contributed by atoms with Gasteiger partial charge in [-0.05, 0) is 36.4 Å². The fourth-order valence-corrected chi connectivity index (χ4v) is 5.15. The first-order chi connectivity index (χ1) is 12.9. The summed E-state index contributed by atoms with van der Waals surface area (Å²) in [7, 11) is -1.87. The molecular formula is C19H21N3O3S2. The van der Waals surface area contributed by atoms with Crippen molar-refractivity contribution in [3.63, 3.8) is 0 Å². The minimum absolute atomic E-state index is 0.186. The van der Waals surface area contributed by atoms with Crippen LogP contribution in [0.25, 0.3) is 10.2 Å². The van der Waals surface area contributed by atoms with Gasteiger partial charge in [0.25, 0.3) is 5.91 Å². The van der Waals surface area contributed by atoms with E-state index in [-0.39, 0.29) is 10.8 Å². The molecule has 27 heavy (non-hydrogen) atoms. The van der Waals surface area contributed by atoms with Crippen LogP contribution in [0.2, 0.25) is 0 Å². The van der Waals surface area contributed by atoms with Crippen LogP contribution in [0.1, 0.15) is 24.2 Å². The molecule has 0 aliphatic rings. The summed E-state index contributed by atoms with van der Waals surface area (Å²) >= 11 is 1.44. The highest BCUT2D eigenvalue weighted by Gasteiger charge is 2.23. The second-order valence-corrected chi connectivity index (χ2v) is 8.89. The zero-order valence-corrected chi connectivity index (χ0v) is 17.0. The van der Waals surface area contributed by atoms with Crippen molar-refractivity contribution in [2.45, 2.75) is 18.7 Å². The molecule has 0 atom stereocenters. The first kappa shape index (κ1) is 19.5. The predicted octanol–water partition coefficient (Wildman–Crippen LogP) is 3.60. The lowest BCUT2D eigenvalue weighted by molar-refractivity contribution is 0.0993. The Morgan fingerprint density at radius 3 is 2.26 bits per heavy atom. The number of aromatic nitrogens is 1. The first-order valence-corrected chi connectivity index (χ1v) is 10.9. The van der Waals surface area contributed by atoms with Crippen LogP contribution in [0, 0.1) is 0 Å². The topological polar surface area (TPSA) is 70.6 Å². The number of thiazole rings is 1. The maximum absolute atomic E-state index is 12.8. The van der Waals surface area contributed by atoms with E-state index in [0.717, 1.165) is 10.2 Å². The van der Waals surface area contributed by atoms with Crippen molar-refractivity contribution >= 4 is 42.6 Å². The number of hydrogen-bond donors (Lipinski definition) is 0. The number of carbonyl (C=O) groups is 1. The first-order valence-electron chi connectivity index (χ1n) is 8.62. The third-order valence-electron chi connectivity index (χ3n) is 4.32. The lowest BCUT2D eigenvalue weighted by Crippen LogP contribution is -2.30. The van der Waals surface area contributed by atoms with Crippen molar-refractivity contribution < 1.29 is 13.2 Å². The van der Waals surface area contributed by atoms with Crippen molar-refractivity contribution in [2.75, 3.05) is 25.0 Å². The van der Waals surface area contributed by atoms with E-state index in [0.29, 0.717) is 23.8 Å². The fraction of sp³-hybridized carbons (Fsp3) is 0.263. The van der Waals surface area contributed by atoms with Gasteiger partial charge in [0, 0.05) is 25.7 Å². The molecule has 8 heteroatoms. The smallest absolute Gasteiger partial charge is 0.259 e. The molecule has 6 nitrogen and oxygen atoms in total. The SMILES string of the molecule is CCN(CC)S(=O)(=O)c1ccc(C(=O)N(C)c2nc3ccccc3s2)cc1. The summed E-state index contributed by atoms with van der Waals surface area (Å²) in [5, 5.41) is 0.598. The second-order valence-electron chi connectivity index (χ2n) is 5.94. The van der Waals surface area contributed by atoms with Crippen LogP contribution in [-0.2, 0) is 10.0 Å². The summed E-state index contributed by atoms with van der Waals surface area (Å²) in [6.45, 7) is 4.40. The zero-order valence-electron chi connectivity index (χ0n) is 15.4. The summed E-state index contributed by atoms with van der Waals surface area (Å²) in [6.07, 6.45) is 0. The van der Waals surface area contributed by atoms with Crippen LogP contribution in [0.15, 0.2) is 53.4 Å². The Kier molecular flexibility index (Phi) is 5.59. The number of benzene rings is 2. The van der Waals surface area contributed by atoms with Crippen LogP contribution < -0.4 is 4.90 Å². The Labute approximate surface area is 163 Å². The third kappa shape index (κ3) is 3.73. The molecule has 0 fully saturated rings. The summed E-state index contributed by atoms with van der Waals surface area (Å²) in [6, 6.07) is 13.7. The molecule has 0 aliphatic heterocycles. The number of carbonyl (C=O) groups excluding carboxylic acids is 1. The van der Waals surface area contributed by atoms with E-state index >= 15 is 0 Å². The Hall–Kier alpha value is -2.29. The van der Waals surface area contributed by atoms with Gasteiger partial charge in [0.15, 0.2) is 5.13 Å². The molecule has 142 valence electrons. The van der Waals surface area contributed by atoms with Crippen molar-refractivity contribution in [2.24, 2.45) is 0 Å². The van der Waals surface area contributed by atoms with E-state index < -0.39 is 10.0 Å². The highest BCUT2D eigenvalue weighted by Crippen LogP contribution is 2.28. The molecule has 0 saturated carbocycles. The van der Waals surface area contributed by atoms with Gasteiger partial charge in [-0.15, -0.1) is 0 Å². The van der Waals surface area contributed by atoms with Crippen molar-refractivity contribution in [1.82, 2.24) is 9.29 Å². The van der Waals surface area contributed by atoms with Gasteiger partial charge in [0.2, 0.25) is 10.0 Å². The van der Waals surface area contributed by atoms with Gasteiger partial charge in [-0.25, -0.2) is 13.4 Å². The number of sulfonamides is 1. The minimum Gasteiger partial charge on any atom is -0.287 e. The highest BCUT2D eigenvalue weighted by molar-refractivity contribution is 7.89. The van der Waals surface area contributed by atoms with Gasteiger partial charge < -0.3 is 0 Å². The summed E-state index contributed by atoms with van der Waals surface area (Å²) < 4.78 is 27.5. The van der Waals surface area contributed by atoms with Crippen LogP contribution >= 0.6 is 11.3 Å². The van der Waals surface area contributed by atoms with Crippen LogP contribution in [0.4, 0.5) is 5.13 Å². The molecule has 0 bridgehead atoms. The predicted molar refractivity (Wildman–Crippen MR) is 109 cm³/mol. The number of hydrogen-bond acceptors (Lipinski definition) is 5. The average Bonchev–Trinajstić information content (AvgIpc) is 3.12. The normalized spacial score (nSPS) is 11.9. The second kappa shape index (κ2) is 7.75. The van der Waals surface area contributed by atoms with Gasteiger partial charge >= 0.3 is 0 Å². The molecule has 1 heterocycles. The summed E-state index contributed by atoms with van der Waals surface area (Å²) in [4.78, 5) is 18.9. The monoisotopic (exact) mass is 403 g/mol. The molecule has 0 radical (unpaired) electrons. The molecule has 2 aromatic carbocycles. The number of amides is 1. The van der Waals surface area contributed by atoms with E-state index in [1.165, 1.54) is 32.7 Å². The number of fused-ring (bicyclic) bond motifs is 1. The maximum atomic E-state index is 12.8. The number of anilines is 1. The van der Waals surface area contributed by atoms with E-state index in [1.54, 1.807) is 33.0 Å². The number of para-hydroxylation sites is 1. The lowest BCUT2D eigenvalue weighted by atomic mass is 10.2. The van der Waals surface area contributed by atoms with Crippen LogP contribution in [0.5, 0.6) is 0 Å². The van der Waals surface area contributed by atoms with E-state index in [2.05, 4.69) is 4.98 Å². The summed E-state index contributed by atoms with van der Waals surface area (Å²) in [5.41, 5.74) is 1.26. The van der Waals surface area contributed by atoms with Gasteiger partial charge in [-0.3, -0.25) is 9.69 Å². The Morgan fingerprint density at radius 1 is 1.04 bits per heavy atom. The van der Waals surface area contributed by atoms with Crippen molar-refractivity contribution in [3.8, 4) is 0 Å². The zero-order chi connectivity index (χ0) is 19.6. The Balaban J connectivity index is 1.85. The van der Waals surface area contributed by atoms with E-state index in [9.17, 15) is 13.2 Å². The minimum atomic E-state index is -3.54. The molecule has 3 aromatic rings. The van der Waals surface area contributed by atoms with Crippen molar-refractivity contribution in [1.29, 1.82) is 0 Å². The highest BCUT2D eigenvalue weighted by atomic mass is 32.2. The summed E-state index contributed by atoms with van der Waals surface area (Å²) in [5.74, 6) is -0.235. The Bertz CT molecular complexity index is 1020. The van der Waals surface area contributed by atoms with E-state index in [4.69, 9.17) is 0 Å². The van der Waals surface area contributed by atoms with Crippen LogP contribution in [0.3, 0.4) is 0 Å². The molecule has 1 aromatic heterocycles. The van der Waals surface area contributed by atoms with Gasteiger partial charge in [0.1, 0.15) is 0 Å². The molecule has 3 rings (SSSR count). The van der Waals surface area contributed by atoms with Gasteiger partial charge in [-0.2, -0.15) is 4.31 Å². The molecule has 0 spiro atoms. The quantitative estimate of drug-likeness (QED) is 0.630. The standard InChI is InChI=1S/C19H21N3O3S2/c1-4-22(5-2)27(24,25)15-12-10-14(11-13-15)18(23)21(3)19-20-16-8-6-7-9-17(16)26-19/h6-13H,4-5H2,1-3H3. The third-order valence-corrected chi connectivity index (χ3v) is 7.50. The largest absolute Gasteiger partial charge is 0.287 e. The van der Waals surface area contributed by atoms with E-state index in [1.807, 2.05) is 24.3 Å². The lowest BCUT2D eigenvalue weighted by Gasteiger charge is -2.19. The molecule has 0 N–H and O–H groups in total. The number of nitrogens with zero attached hydrogens (tertiary/aromatic N) is 3. The molecule has 0 saturated heterocycles. The molecular weight excluding hydrogens is 382 g/mol.